The predicted octanol–water partition coefficient (Wildman–Crippen LogP) is 3.84. The molecule has 2 heterocycles. The summed E-state index contributed by atoms with van der Waals surface area (Å²) >= 11 is 2.87. The fourth-order valence-corrected chi connectivity index (χ4v) is 4.72. The first-order valence-electron chi connectivity index (χ1n) is 9.56. The van der Waals surface area contributed by atoms with Crippen molar-refractivity contribution >= 4 is 51.0 Å². The van der Waals surface area contributed by atoms with Gasteiger partial charge in [0.25, 0.3) is 0 Å². The number of benzene rings is 2. The molecule has 0 atom stereocenters. The quantitative estimate of drug-likeness (QED) is 0.320. The number of anilines is 1. The van der Waals surface area contributed by atoms with Gasteiger partial charge in [0, 0.05) is 0 Å². The monoisotopic (exact) mass is 453 g/mol. The minimum Gasteiger partial charge on any atom is -0.461 e. The molecule has 1 N–H and O–H groups in total. The Bertz CT molecular complexity index is 1170. The summed E-state index contributed by atoms with van der Waals surface area (Å²) in [6.45, 7) is 2.26. The van der Waals surface area contributed by atoms with Gasteiger partial charge in [-0.1, -0.05) is 59.4 Å². The van der Waals surface area contributed by atoms with Crippen LogP contribution in [0, 0.1) is 0 Å². The fourth-order valence-electron chi connectivity index (χ4n) is 2.85. The Labute approximate surface area is 186 Å². The Kier molecular flexibility index (Phi) is 6.58. The molecule has 0 fully saturated rings. The van der Waals surface area contributed by atoms with Crippen LogP contribution in [0.15, 0.2) is 58.9 Å². The molecule has 0 aliphatic carbocycles. The topological polar surface area (TPSA) is 99.0 Å². The molecule has 0 saturated carbocycles. The highest BCUT2D eigenvalue weighted by molar-refractivity contribution is 8.01. The third kappa shape index (κ3) is 5.09. The SMILES string of the molecule is CCOC(=O)c1nnn(Cc2ccccc2)c1NC(=O)CSc1nc2ccccc2s1. The summed E-state index contributed by atoms with van der Waals surface area (Å²) in [5, 5.41) is 10.8. The molecule has 4 aromatic rings. The predicted molar refractivity (Wildman–Crippen MR) is 120 cm³/mol. The third-order valence-corrected chi connectivity index (χ3v) is 6.42. The molecule has 0 spiro atoms. The number of hydrogen-bond acceptors (Lipinski definition) is 8. The first kappa shape index (κ1) is 21.0. The van der Waals surface area contributed by atoms with Gasteiger partial charge in [0.15, 0.2) is 10.2 Å². The van der Waals surface area contributed by atoms with E-state index in [1.54, 1.807) is 6.92 Å². The van der Waals surface area contributed by atoms with Crippen LogP contribution in [-0.2, 0) is 16.1 Å². The molecule has 10 heteroatoms. The molecule has 158 valence electrons. The summed E-state index contributed by atoms with van der Waals surface area (Å²) in [7, 11) is 0. The molecule has 0 aliphatic heterocycles. The smallest absolute Gasteiger partial charge is 0.362 e. The van der Waals surface area contributed by atoms with E-state index in [0.29, 0.717) is 6.54 Å². The van der Waals surface area contributed by atoms with E-state index in [2.05, 4.69) is 20.6 Å². The zero-order valence-electron chi connectivity index (χ0n) is 16.6. The van der Waals surface area contributed by atoms with Gasteiger partial charge in [0.1, 0.15) is 0 Å². The number of amides is 1. The third-order valence-electron chi connectivity index (χ3n) is 4.24. The van der Waals surface area contributed by atoms with E-state index >= 15 is 0 Å². The van der Waals surface area contributed by atoms with Crippen molar-refractivity contribution in [1.29, 1.82) is 0 Å². The van der Waals surface area contributed by atoms with E-state index in [1.165, 1.54) is 27.8 Å². The van der Waals surface area contributed by atoms with Crippen LogP contribution >= 0.6 is 23.1 Å². The highest BCUT2D eigenvalue weighted by atomic mass is 32.2. The van der Waals surface area contributed by atoms with Gasteiger partial charge >= 0.3 is 5.97 Å². The number of ether oxygens (including phenoxy) is 1. The lowest BCUT2D eigenvalue weighted by molar-refractivity contribution is -0.113. The van der Waals surface area contributed by atoms with E-state index in [4.69, 9.17) is 4.74 Å². The Hall–Kier alpha value is -3.24. The maximum Gasteiger partial charge on any atom is 0.362 e. The summed E-state index contributed by atoms with van der Waals surface area (Å²) < 4.78 is 8.42. The number of esters is 1. The summed E-state index contributed by atoms with van der Waals surface area (Å²) in [4.78, 5) is 29.5. The lowest BCUT2D eigenvalue weighted by Gasteiger charge is -2.09. The zero-order chi connectivity index (χ0) is 21.6. The van der Waals surface area contributed by atoms with Crippen molar-refractivity contribution in [3.05, 3.63) is 65.9 Å². The van der Waals surface area contributed by atoms with E-state index in [1.807, 2.05) is 54.6 Å². The number of nitrogens with zero attached hydrogens (tertiary/aromatic N) is 4. The van der Waals surface area contributed by atoms with Gasteiger partial charge in [0.2, 0.25) is 11.6 Å². The molecule has 2 aromatic carbocycles. The maximum absolute atomic E-state index is 12.7. The molecule has 0 saturated heterocycles. The Morgan fingerprint density at radius 2 is 1.90 bits per heavy atom. The number of nitrogens with one attached hydrogen (secondary N) is 1. The number of rotatable bonds is 8. The van der Waals surface area contributed by atoms with E-state index in [9.17, 15) is 9.59 Å². The minimum absolute atomic E-state index is 0.0175. The van der Waals surface area contributed by atoms with E-state index in [0.717, 1.165) is 20.1 Å². The molecule has 31 heavy (non-hydrogen) atoms. The second-order valence-electron chi connectivity index (χ2n) is 6.43. The average Bonchev–Trinajstić information content (AvgIpc) is 3.37. The lowest BCUT2D eigenvalue weighted by Crippen LogP contribution is -2.20. The van der Waals surface area contributed by atoms with Crippen molar-refractivity contribution in [3.8, 4) is 0 Å². The number of thioether (sulfide) groups is 1. The van der Waals surface area contributed by atoms with Crippen LogP contribution in [0.1, 0.15) is 23.0 Å². The van der Waals surface area contributed by atoms with Gasteiger partial charge in [-0.15, -0.1) is 16.4 Å². The minimum atomic E-state index is -0.629. The van der Waals surface area contributed by atoms with Gasteiger partial charge in [-0.25, -0.2) is 14.5 Å². The second-order valence-corrected chi connectivity index (χ2v) is 8.69. The molecule has 4 rings (SSSR count). The fraction of sp³-hybridized carbons (Fsp3) is 0.190. The van der Waals surface area contributed by atoms with E-state index in [-0.39, 0.29) is 29.8 Å². The number of para-hydroxylation sites is 1. The highest BCUT2D eigenvalue weighted by Crippen LogP contribution is 2.29. The highest BCUT2D eigenvalue weighted by Gasteiger charge is 2.23. The van der Waals surface area contributed by atoms with Gasteiger partial charge < -0.3 is 10.1 Å². The Morgan fingerprint density at radius 3 is 2.68 bits per heavy atom. The van der Waals surface area contributed by atoms with Crippen molar-refractivity contribution in [2.45, 2.75) is 17.8 Å². The number of carbonyl (C=O) groups is 2. The van der Waals surface area contributed by atoms with Crippen LogP contribution in [0.4, 0.5) is 5.82 Å². The van der Waals surface area contributed by atoms with Crippen molar-refractivity contribution < 1.29 is 14.3 Å². The Balaban J connectivity index is 1.49. The summed E-state index contributed by atoms with van der Waals surface area (Å²) in [5.74, 6) is -0.557. The van der Waals surface area contributed by atoms with Crippen LogP contribution in [0.5, 0.6) is 0 Å². The standard InChI is InChI=1S/C21H19N5O3S2/c1-2-29-20(28)18-19(26(25-24-18)12-14-8-4-3-5-9-14)23-17(27)13-30-21-22-15-10-6-7-11-16(15)31-21/h3-11H,2,12-13H2,1H3,(H,23,27). The zero-order valence-corrected chi connectivity index (χ0v) is 18.3. The van der Waals surface area contributed by atoms with Crippen LogP contribution in [0.3, 0.4) is 0 Å². The van der Waals surface area contributed by atoms with Gasteiger partial charge in [-0.3, -0.25) is 4.79 Å². The molecule has 0 unspecified atom stereocenters. The number of carbonyl (C=O) groups excluding carboxylic acids is 2. The van der Waals surface area contributed by atoms with Crippen LogP contribution in [0.25, 0.3) is 10.2 Å². The normalized spacial score (nSPS) is 10.9. The number of fused-ring (bicyclic) bond motifs is 1. The van der Waals surface area contributed by atoms with Crippen molar-refractivity contribution in [1.82, 2.24) is 20.0 Å². The molecule has 0 aliphatic rings. The maximum atomic E-state index is 12.7. The molecular formula is C21H19N5O3S2. The molecule has 8 nitrogen and oxygen atoms in total. The van der Waals surface area contributed by atoms with Crippen LogP contribution in [-0.4, -0.2) is 44.2 Å². The number of aromatic nitrogens is 4. The second kappa shape index (κ2) is 9.71. The summed E-state index contributed by atoms with van der Waals surface area (Å²) in [6, 6.07) is 17.4. The number of thiazole rings is 1. The largest absolute Gasteiger partial charge is 0.461 e. The summed E-state index contributed by atoms with van der Waals surface area (Å²) in [6.07, 6.45) is 0. The van der Waals surface area contributed by atoms with Gasteiger partial charge in [-0.05, 0) is 24.6 Å². The molecule has 0 radical (unpaired) electrons. The van der Waals surface area contributed by atoms with Crippen LogP contribution < -0.4 is 5.32 Å². The average molecular weight is 454 g/mol. The summed E-state index contributed by atoms with van der Waals surface area (Å²) in [5.41, 5.74) is 1.85. The van der Waals surface area contributed by atoms with Crippen LogP contribution in [0.2, 0.25) is 0 Å². The van der Waals surface area contributed by atoms with E-state index < -0.39 is 5.97 Å². The van der Waals surface area contributed by atoms with Crippen molar-refractivity contribution in [2.24, 2.45) is 0 Å². The first-order chi connectivity index (χ1) is 15.1. The molecule has 0 bridgehead atoms. The Morgan fingerprint density at radius 1 is 1.13 bits per heavy atom. The molecular weight excluding hydrogens is 434 g/mol. The lowest BCUT2D eigenvalue weighted by atomic mass is 10.2. The van der Waals surface area contributed by atoms with Gasteiger partial charge in [-0.2, -0.15) is 0 Å². The molecule has 1 amide bonds. The molecule has 2 aromatic heterocycles. The number of hydrogen-bond donors (Lipinski definition) is 1. The van der Waals surface area contributed by atoms with Crippen molar-refractivity contribution in [3.63, 3.8) is 0 Å². The first-order valence-corrected chi connectivity index (χ1v) is 11.4. The van der Waals surface area contributed by atoms with Crippen molar-refractivity contribution in [2.75, 3.05) is 17.7 Å². The van der Waals surface area contributed by atoms with Gasteiger partial charge in [0.05, 0.1) is 29.1 Å².